The number of alkyl carbamates (subject to hydrolysis) is 1. The van der Waals surface area contributed by atoms with Gasteiger partial charge in [0.1, 0.15) is 0 Å². The van der Waals surface area contributed by atoms with Crippen molar-refractivity contribution in [1.29, 1.82) is 0 Å². The molecule has 1 unspecified atom stereocenters. The molecule has 2 N–H and O–H groups in total. The monoisotopic (exact) mass is 229 g/mol. The number of hydrogen-bond donors (Lipinski definition) is 2. The molecule has 15 heavy (non-hydrogen) atoms. The van der Waals surface area contributed by atoms with Crippen LogP contribution in [0.5, 0.6) is 0 Å². The average Bonchev–Trinajstić information content (AvgIpc) is 2.09. The van der Waals surface area contributed by atoms with Gasteiger partial charge in [-0.3, -0.25) is 0 Å². The molecule has 0 aromatic heterocycles. The summed E-state index contributed by atoms with van der Waals surface area (Å²) in [4.78, 5) is 10.8. The Morgan fingerprint density at radius 3 is 2.40 bits per heavy atom. The van der Waals surface area contributed by atoms with Gasteiger partial charge in [-0.2, -0.15) is 13.2 Å². The van der Waals surface area contributed by atoms with Crippen LogP contribution in [0, 0.1) is 5.92 Å². The van der Waals surface area contributed by atoms with Crippen molar-refractivity contribution in [2.24, 2.45) is 5.92 Å². The fourth-order valence-electron chi connectivity index (χ4n) is 0.589. The van der Waals surface area contributed by atoms with Gasteiger partial charge in [0.15, 0.2) is 6.10 Å². The standard InChI is InChI=1S/C8H14F3NO3/c1-5(2)4-15-7(14)12-3-6(13)8(9,10)11/h5-6,13H,3-4H2,1-2H3,(H,12,14). The SMILES string of the molecule is CC(C)COC(=O)NCC(O)C(F)(F)F. The van der Waals surface area contributed by atoms with E-state index in [2.05, 4.69) is 4.74 Å². The van der Waals surface area contributed by atoms with Crippen molar-refractivity contribution in [1.82, 2.24) is 5.32 Å². The summed E-state index contributed by atoms with van der Waals surface area (Å²) in [6.45, 7) is 2.80. The smallest absolute Gasteiger partial charge is 0.416 e. The van der Waals surface area contributed by atoms with Crippen LogP contribution in [0.3, 0.4) is 0 Å². The molecule has 1 amide bonds. The second kappa shape index (κ2) is 5.79. The van der Waals surface area contributed by atoms with Gasteiger partial charge in [-0.1, -0.05) is 13.8 Å². The van der Waals surface area contributed by atoms with Gasteiger partial charge in [0.25, 0.3) is 0 Å². The first-order valence-electron chi connectivity index (χ1n) is 4.39. The Morgan fingerprint density at radius 1 is 1.47 bits per heavy atom. The molecule has 0 rings (SSSR count). The van der Waals surface area contributed by atoms with Gasteiger partial charge in [-0.25, -0.2) is 4.79 Å². The van der Waals surface area contributed by atoms with Crippen LogP contribution in [0.15, 0.2) is 0 Å². The summed E-state index contributed by atoms with van der Waals surface area (Å²) in [5.41, 5.74) is 0. The van der Waals surface area contributed by atoms with E-state index in [9.17, 15) is 18.0 Å². The lowest BCUT2D eigenvalue weighted by Crippen LogP contribution is -2.41. The summed E-state index contributed by atoms with van der Waals surface area (Å²) < 4.78 is 39.9. The molecule has 0 radical (unpaired) electrons. The van der Waals surface area contributed by atoms with Gasteiger partial charge in [0, 0.05) is 0 Å². The number of nitrogens with one attached hydrogen (secondary N) is 1. The molecule has 0 aliphatic heterocycles. The highest BCUT2D eigenvalue weighted by molar-refractivity contribution is 5.67. The molecule has 1 atom stereocenters. The minimum Gasteiger partial charge on any atom is -0.449 e. The number of aliphatic hydroxyl groups is 1. The molecular formula is C8H14F3NO3. The maximum absolute atomic E-state index is 11.8. The zero-order valence-corrected chi connectivity index (χ0v) is 8.47. The molecule has 7 heteroatoms. The lowest BCUT2D eigenvalue weighted by Gasteiger charge is -2.15. The van der Waals surface area contributed by atoms with E-state index in [4.69, 9.17) is 5.11 Å². The zero-order chi connectivity index (χ0) is 12.1. The summed E-state index contributed by atoms with van der Waals surface area (Å²) in [6, 6.07) is 0. The highest BCUT2D eigenvalue weighted by Crippen LogP contribution is 2.19. The molecule has 0 heterocycles. The molecule has 4 nitrogen and oxygen atoms in total. The third-order valence-corrected chi connectivity index (χ3v) is 1.37. The minimum atomic E-state index is -4.73. The molecule has 0 aromatic carbocycles. The Kier molecular flexibility index (Phi) is 5.41. The molecule has 90 valence electrons. The number of rotatable bonds is 4. The largest absolute Gasteiger partial charge is 0.449 e. The van der Waals surface area contributed by atoms with Crippen LogP contribution in [0.1, 0.15) is 13.8 Å². The highest BCUT2D eigenvalue weighted by Gasteiger charge is 2.38. The van der Waals surface area contributed by atoms with Gasteiger partial charge in [-0.15, -0.1) is 0 Å². The molecule has 0 aromatic rings. The Hall–Kier alpha value is -0.980. The minimum absolute atomic E-state index is 0.100. The summed E-state index contributed by atoms with van der Waals surface area (Å²) >= 11 is 0. The lowest BCUT2D eigenvalue weighted by molar-refractivity contribution is -0.201. The van der Waals surface area contributed by atoms with E-state index in [1.54, 1.807) is 13.8 Å². The van der Waals surface area contributed by atoms with Crippen LogP contribution >= 0.6 is 0 Å². The molecule has 0 spiro atoms. The van der Waals surface area contributed by atoms with Gasteiger partial charge in [0.05, 0.1) is 13.2 Å². The number of halogens is 3. The maximum Gasteiger partial charge on any atom is 0.416 e. The van der Waals surface area contributed by atoms with Crippen LogP contribution in [-0.4, -0.2) is 36.6 Å². The third-order valence-electron chi connectivity index (χ3n) is 1.37. The molecule has 0 aliphatic rings. The number of carbonyl (C=O) groups excluding carboxylic acids is 1. The van der Waals surface area contributed by atoms with Gasteiger partial charge >= 0.3 is 12.3 Å². The quantitative estimate of drug-likeness (QED) is 0.763. The average molecular weight is 229 g/mol. The second-order valence-electron chi connectivity index (χ2n) is 3.43. The predicted octanol–water partition coefficient (Wildman–Crippen LogP) is 1.29. The van der Waals surface area contributed by atoms with E-state index in [0.717, 1.165) is 0 Å². The second-order valence-corrected chi connectivity index (χ2v) is 3.43. The number of amides is 1. The molecule has 0 saturated carbocycles. The van der Waals surface area contributed by atoms with Crippen molar-refractivity contribution in [3.63, 3.8) is 0 Å². The van der Waals surface area contributed by atoms with E-state index in [0.29, 0.717) is 0 Å². The van der Waals surface area contributed by atoms with Crippen molar-refractivity contribution in [2.45, 2.75) is 26.1 Å². The van der Waals surface area contributed by atoms with Gasteiger partial charge in [0.2, 0.25) is 0 Å². The lowest BCUT2D eigenvalue weighted by atomic mass is 10.2. The zero-order valence-electron chi connectivity index (χ0n) is 8.47. The number of alkyl halides is 3. The van der Waals surface area contributed by atoms with Gasteiger partial charge in [-0.05, 0) is 5.92 Å². The van der Waals surface area contributed by atoms with Crippen molar-refractivity contribution >= 4 is 6.09 Å². The number of hydrogen-bond acceptors (Lipinski definition) is 3. The summed E-state index contributed by atoms with van der Waals surface area (Å²) in [7, 11) is 0. The Labute approximate surface area is 85.4 Å². The number of ether oxygens (including phenoxy) is 1. The summed E-state index contributed by atoms with van der Waals surface area (Å²) in [6.07, 6.45) is -8.26. The van der Waals surface area contributed by atoms with E-state index in [1.165, 1.54) is 0 Å². The highest BCUT2D eigenvalue weighted by atomic mass is 19.4. The van der Waals surface area contributed by atoms with Crippen LogP contribution in [0.25, 0.3) is 0 Å². The van der Waals surface area contributed by atoms with Crippen LogP contribution in [0.2, 0.25) is 0 Å². The van der Waals surface area contributed by atoms with E-state index in [-0.39, 0.29) is 12.5 Å². The summed E-state index contributed by atoms with van der Waals surface area (Å²) in [5, 5.41) is 10.3. The van der Waals surface area contributed by atoms with Crippen LogP contribution in [0.4, 0.5) is 18.0 Å². The molecular weight excluding hydrogens is 215 g/mol. The molecule has 0 aliphatic carbocycles. The van der Waals surface area contributed by atoms with E-state index in [1.807, 2.05) is 5.32 Å². The number of carbonyl (C=O) groups is 1. The number of aliphatic hydroxyl groups excluding tert-OH is 1. The fraction of sp³-hybridized carbons (Fsp3) is 0.875. The van der Waals surface area contributed by atoms with Crippen molar-refractivity contribution in [3.8, 4) is 0 Å². The Balaban J connectivity index is 3.72. The normalized spacial score (nSPS) is 13.8. The first kappa shape index (κ1) is 14.0. The Morgan fingerprint density at radius 2 is 2.00 bits per heavy atom. The van der Waals surface area contributed by atoms with Crippen LogP contribution < -0.4 is 5.32 Å². The predicted molar refractivity (Wildman–Crippen MR) is 46.3 cm³/mol. The Bertz CT molecular complexity index is 206. The third kappa shape index (κ3) is 7.01. The molecule has 0 bridgehead atoms. The van der Waals surface area contributed by atoms with Crippen LogP contribution in [-0.2, 0) is 4.74 Å². The van der Waals surface area contributed by atoms with E-state index >= 15 is 0 Å². The van der Waals surface area contributed by atoms with Crippen molar-refractivity contribution < 1.29 is 27.8 Å². The molecule has 0 fully saturated rings. The summed E-state index contributed by atoms with van der Waals surface area (Å²) in [5.74, 6) is 0.100. The van der Waals surface area contributed by atoms with E-state index < -0.39 is 24.9 Å². The van der Waals surface area contributed by atoms with Crippen molar-refractivity contribution in [3.05, 3.63) is 0 Å². The first-order valence-corrected chi connectivity index (χ1v) is 4.39. The first-order chi connectivity index (χ1) is 6.73. The molecule has 0 saturated heterocycles. The van der Waals surface area contributed by atoms with Gasteiger partial charge < -0.3 is 15.2 Å². The topological polar surface area (TPSA) is 58.6 Å². The fourth-order valence-corrected chi connectivity index (χ4v) is 0.589. The maximum atomic E-state index is 11.8. The van der Waals surface area contributed by atoms with Crippen molar-refractivity contribution in [2.75, 3.05) is 13.2 Å².